The molecule has 2 fully saturated rings. The Balaban J connectivity index is 1.92. The van der Waals surface area contributed by atoms with Crippen molar-refractivity contribution in [3.8, 4) is 0 Å². The second kappa shape index (κ2) is 4.16. The topological polar surface area (TPSA) is 12.5 Å². The first kappa shape index (κ1) is 9.75. The van der Waals surface area contributed by atoms with E-state index in [2.05, 4.69) is 4.90 Å². The maximum atomic E-state index is 6.09. The summed E-state index contributed by atoms with van der Waals surface area (Å²) in [7, 11) is 1.83. The first-order valence-corrected chi connectivity index (χ1v) is 5.66. The Morgan fingerprint density at radius 2 is 2.15 bits per heavy atom. The van der Waals surface area contributed by atoms with Crippen LogP contribution in [-0.4, -0.2) is 42.6 Å². The average molecular weight is 204 g/mol. The van der Waals surface area contributed by atoms with E-state index in [4.69, 9.17) is 16.3 Å². The van der Waals surface area contributed by atoms with Crippen LogP contribution >= 0.6 is 11.6 Å². The van der Waals surface area contributed by atoms with Gasteiger partial charge in [-0.15, -0.1) is 11.6 Å². The minimum atomic E-state index is 0.373. The number of hydrogen-bond donors (Lipinski definition) is 0. The van der Waals surface area contributed by atoms with Crippen LogP contribution in [0.3, 0.4) is 0 Å². The van der Waals surface area contributed by atoms with Crippen LogP contribution in [0.15, 0.2) is 0 Å². The molecule has 0 radical (unpaired) electrons. The summed E-state index contributed by atoms with van der Waals surface area (Å²) >= 11 is 6.09. The minimum absolute atomic E-state index is 0.373. The van der Waals surface area contributed by atoms with Gasteiger partial charge in [0.05, 0.1) is 6.10 Å². The molecule has 0 aromatic carbocycles. The Hall–Kier alpha value is 0.210. The van der Waals surface area contributed by atoms with Crippen molar-refractivity contribution in [2.75, 3.05) is 20.2 Å². The second-order valence-electron chi connectivity index (χ2n) is 4.15. The molecule has 0 spiro atoms. The number of alkyl halides is 1. The minimum Gasteiger partial charge on any atom is -0.380 e. The molecule has 1 aliphatic carbocycles. The van der Waals surface area contributed by atoms with Crippen molar-refractivity contribution in [3.05, 3.63) is 0 Å². The zero-order valence-electron chi connectivity index (χ0n) is 8.21. The summed E-state index contributed by atoms with van der Waals surface area (Å²) in [4.78, 5) is 2.51. The lowest BCUT2D eigenvalue weighted by Gasteiger charge is -2.28. The van der Waals surface area contributed by atoms with Gasteiger partial charge in [-0.2, -0.15) is 0 Å². The van der Waals surface area contributed by atoms with Crippen LogP contribution in [0.5, 0.6) is 0 Å². The van der Waals surface area contributed by atoms with E-state index in [1.807, 2.05) is 7.11 Å². The molecule has 0 amide bonds. The molecule has 1 aliphatic heterocycles. The SMILES string of the molecule is COC1CCCC1N1CCC(Cl)C1. The summed E-state index contributed by atoms with van der Waals surface area (Å²) in [5, 5.41) is 0.373. The molecule has 13 heavy (non-hydrogen) atoms. The molecule has 1 heterocycles. The van der Waals surface area contributed by atoms with Gasteiger partial charge in [-0.25, -0.2) is 0 Å². The standard InChI is InChI=1S/C10H18ClNO/c1-13-10-4-2-3-9(10)12-6-5-8(11)7-12/h8-10H,2-7H2,1H3. The maximum absolute atomic E-state index is 6.09. The lowest BCUT2D eigenvalue weighted by Crippen LogP contribution is -2.39. The number of halogens is 1. The average Bonchev–Trinajstić information content (AvgIpc) is 2.71. The van der Waals surface area contributed by atoms with E-state index in [1.54, 1.807) is 0 Å². The van der Waals surface area contributed by atoms with E-state index in [1.165, 1.54) is 25.8 Å². The molecule has 0 bridgehead atoms. The van der Waals surface area contributed by atoms with Gasteiger partial charge in [0, 0.05) is 31.6 Å². The predicted octanol–water partition coefficient (Wildman–Crippen LogP) is 1.87. The summed E-state index contributed by atoms with van der Waals surface area (Å²) in [5.74, 6) is 0. The number of ether oxygens (including phenoxy) is 1. The number of likely N-dealkylation sites (tertiary alicyclic amines) is 1. The van der Waals surface area contributed by atoms with E-state index in [0.29, 0.717) is 17.5 Å². The smallest absolute Gasteiger partial charge is 0.0726 e. The summed E-state index contributed by atoms with van der Waals surface area (Å²) < 4.78 is 5.49. The first-order chi connectivity index (χ1) is 6.31. The van der Waals surface area contributed by atoms with Gasteiger partial charge in [-0.05, 0) is 25.7 Å². The fourth-order valence-corrected chi connectivity index (χ4v) is 2.92. The van der Waals surface area contributed by atoms with Crippen molar-refractivity contribution in [2.45, 2.75) is 43.2 Å². The van der Waals surface area contributed by atoms with Gasteiger partial charge < -0.3 is 4.74 Å². The van der Waals surface area contributed by atoms with Gasteiger partial charge in [0.1, 0.15) is 0 Å². The quantitative estimate of drug-likeness (QED) is 0.636. The molecule has 0 aromatic rings. The maximum Gasteiger partial charge on any atom is 0.0726 e. The first-order valence-electron chi connectivity index (χ1n) is 5.22. The number of hydrogen-bond acceptors (Lipinski definition) is 2. The van der Waals surface area contributed by atoms with Crippen LogP contribution in [0.25, 0.3) is 0 Å². The largest absolute Gasteiger partial charge is 0.380 e. The molecule has 2 rings (SSSR count). The highest BCUT2D eigenvalue weighted by atomic mass is 35.5. The lowest BCUT2D eigenvalue weighted by atomic mass is 10.2. The summed E-state index contributed by atoms with van der Waals surface area (Å²) in [5.41, 5.74) is 0. The van der Waals surface area contributed by atoms with Gasteiger partial charge in [-0.3, -0.25) is 4.90 Å². The third kappa shape index (κ3) is 2.00. The molecular formula is C10H18ClNO. The van der Waals surface area contributed by atoms with E-state index in [9.17, 15) is 0 Å². The van der Waals surface area contributed by atoms with Crippen LogP contribution < -0.4 is 0 Å². The molecule has 2 nitrogen and oxygen atoms in total. The van der Waals surface area contributed by atoms with Crippen molar-refractivity contribution in [2.24, 2.45) is 0 Å². The molecule has 2 aliphatic rings. The monoisotopic (exact) mass is 203 g/mol. The van der Waals surface area contributed by atoms with Crippen LogP contribution in [0.2, 0.25) is 0 Å². The zero-order chi connectivity index (χ0) is 9.26. The third-order valence-electron chi connectivity index (χ3n) is 3.35. The van der Waals surface area contributed by atoms with Gasteiger partial charge in [-0.1, -0.05) is 0 Å². The predicted molar refractivity (Wildman–Crippen MR) is 54.3 cm³/mol. The summed E-state index contributed by atoms with van der Waals surface area (Å²) in [6, 6.07) is 0.647. The van der Waals surface area contributed by atoms with Crippen LogP contribution in [0.4, 0.5) is 0 Å². The molecule has 1 saturated heterocycles. The molecule has 3 heteroatoms. The number of methoxy groups -OCH3 is 1. The van der Waals surface area contributed by atoms with Gasteiger partial charge >= 0.3 is 0 Å². The van der Waals surface area contributed by atoms with Crippen molar-refractivity contribution in [3.63, 3.8) is 0 Å². The van der Waals surface area contributed by atoms with Crippen LogP contribution in [0, 0.1) is 0 Å². The summed E-state index contributed by atoms with van der Waals surface area (Å²) in [6.07, 6.45) is 5.44. The zero-order valence-corrected chi connectivity index (χ0v) is 8.96. The Morgan fingerprint density at radius 3 is 2.77 bits per heavy atom. The fourth-order valence-electron chi connectivity index (χ4n) is 2.64. The van der Waals surface area contributed by atoms with E-state index in [0.717, 1.165) is 13.0 Å². The van der Waals surface area contributed by atoms with Gasteiger partial charge in [0.25, 0.3) is 0 Å². The third-order valence-corrected chi connectivity index (χ3v) is 3.71. The van der Waals surface area contributed by atoms with E-state index >= 15 is 0 Å². The lowest BCUT2D eigenvalue weighted by molar-refractivity contribution is 0.0424. The van der Waals surface area contributed by atoms with E-state index < -0.39 is 0 Å². The number of rotatable bonds is 2. The van der Waals surface area contributed by atoms with Crippen LogP contribution in [-0.2, 0) is 4.74 Å². The second-order valence-corrected chi connectivity index (χ2v) is 4.77. The normalized spacial score (nSPS) is 41.5. The fraction of sp³-hybridized carbons (Fsp3) is 1.00. The molecule has 3 unspecified atom stereocenters. The molecule has 3 atom stereocenters. The Kier molecular flexibility index (Phi) is 3.12. The van der Waals surface area contributed by atoms with Crippen LogP contribution in [0.1, 0.15) is 25.7 Å². The molecule has 0 aromatic heterocycles. The Bertz CT molecular complexity index is 176. The molecule has 76 valence electrons. The molecule has 1 saturated carbocycles. The highest BCUT2D eigenvalue weighted by Crippen LogP contribution is 2.29. The number of nitrogens with zero attached hydrogens (tertiary/aromatic N) is 1. The highest BCUT2D eigenvalue weighted by Gasteiger charge is 2.35. The van der Waals surface area contributed by atoms with Gasteiger partial charge in [0.15, 0.2) is 0 Å². The Morgan fingerprint density at radius 1 is 1.31 bits per heavy atom. The highest BCUT2D eigenvalue weighted by molar-refractivity contribution is 6.20. The van der Waals surface area contributed by atoms with Crippen molar-refractivity contribution in [1.29, 1.82) is 0 Å². The Labute approximate surface area is 85.2 Å². The van der Waals surface area contributed by atoms with Crippen molar-refractivity contribution < 1.29 is 4.74 Å². The molecular weight excluding hydrogens is 186 g/mol. The van der Waals surface area contributed by atoms with Crippen molar-refractivity contribution >= 4 is 11.6 Å². The molecule has 0 N–H and O–H groups in total. The van der Waals surface area contributed by atoms with Gasteiger partial charge in [0.2, 0.25) is 0 Å². The van der Waals surface area contributed by atoms with E-state index in [-0.39, 0.29) is 0 Å². The summed E-state index contributed by atoms with van der Waals surface area (Å²) in [6.45, 7) is 2.23. The van der Waals surface area contributed by atoms with Crippen molar-refractivity contribution in [1.82, 2.24) is 4.90 Å².